The molecule has 0 saturated carbocycles. The molecule has 0 rings (SSSR count). The van der Waals surface area contributed by atoms with Crippen LogP contribution < -0.4 is 11.5 Å². The monoisotopic (exact) mass is 244 g/mol. The zero-order valence-corrected chi connectivity index (χ0v) is 11.1. The lowest BCUT2D eigenvalue weighted by Crippen LogP contribution is -2.40. The Kier molecular flexibility index (Phi) is 6.99. The summed E-state index contributed by atoms with van der Waals surface area (Å²) in [6.07, 6.45) is 0.983. The van der Waals surface area contributed by atoms with E-state index in [1.807, 2.05) is 27.7 Å². The minimum atomic E-state index is -0.759. The number of rotatable bonds is 6. The molecule has 0 spiro atoms. The first-order chi connectivity index (χ1) is 7.73. The topological polar surface area (TPSA) is 95.4 Å². The van der Waals surface area contributed by atoms with Crippen LogP contribution in [0, 0.1) is 11.8 Å². The van der Waals surface area contributed by atoms with E-state index in [0.29, 0.717) is 12.8 Å². The maximum absolute atomic E-state index is 11.5. The van der Waals surface area contributed by atoms with Gasteiger partial charge in [0.05, 0.1) is 0 Å². The van der Waals surface area contributed by atoms with Crippen LogP contribution in [-0.4, -0.2) is 24.0 Å². The molecule has 0 aromatic heterocycles. The summed E-state index contributed by atoms with van der Waals surface area (Å²) in [7, 11) is 0. The van der Waals surface area contributed by atoms with Crippen molar-refractivity contribution < 1.29 is 14.3 Å². The standard InChI is InChI=1S/C12H24N2O3/c1-7(2)5-9(13)11(15)17-12(16)10(14)6-8(3)4/h7-10H,5-6,13-14H2,1-4H3/t9-,10-/m0/s1. The van der Waals surface area contributed by atoms with E-state index in [1.54, 1.807) is 0 Å². The summed E-state index contributed by atoms with van der Waals surface area (Å²) >= 11 is 0. The predicted molar refractivity (Wildman–Crippen MR) is 66.0 cm³/mol. The zero-order chi connectivity index (χ0) is 13.6. The van der Waals surface area contributed by atoms with E-state index in [2.05, 4.69) is 4.74 Å². The average molecular weight is 244 g/mol. The third-order valence-corrected chi connectivity index (χ3v) is 2.26. The van der Waals surface area contributed by atoms with Crippen molar-refractivity contribution in [1.29, 1.82) is 0 Å². The van der Waals surface area contributed by atoms with Crippen LogP contribution in [0.4, 0.5) is 0 Å². The lowest BCUT2D eigenvalue weighted by Gasteiger charge is -2.15. The van der Waals surface area contributed by atoms with Gasteiger partial charge in [-0.2, -0.15) is 0 Å². The van der Waals surface area contributed by atoms with Crippen LogP contribution in [-0.2, 0) is 14.3 Å². The van der Waals surface area contributed by atoms with Crippen molar-refractivity contribution >= 4 is 11.9 Å². The summed E-state index contributed by atoms with van der Waals surface area (Å²) in [4.78, 5) is 22.9. The molecule has 0 unspecified atom stereocenters. The number of esters is 2. The van der Waals surface area contributed by atoms with Crippen molar-refractivity contribution in [2.24, 2.45) is 23.3 Å². The minimum absolute atomic E-state index is 0.275. The first-order valence-electron chi connectivity index (χ1n) is 6.00. The van der Waals surface area contributed by atoms with Crippen molar-refractivity contribution in [2.45, 2.75) is 52.6 Å². The summed E-state index contributed by atoms with van der Waals surface area (Å²) in [5.74, 6) is -0.834. The second-order valence-corrected chi connectivity index (χ2v) is 5.21. The maximum Gasteiger partial charge on any atom is 0.330 e. The molecule has 0 radical (unpaired) electrons. The highest BCUT2D eigenvalue weighted by Crippen LogP contribution is 2.07. The van der Waals surface area contributed by atoms with Gasteiger partial charge in [0.1, 0.15) is 12.1 Å². The van der Waals surface area contributed by atoms with E-state index in [0.717, 1.165) is 0 Å². The highest BCUT2D eigenvalue weighted by Gasteiger charge is 2.24. The van der Waals surface area contributed by atoms with Gasteiger partial charge in [0, 0.05) is 0 Å². The van der Waals surface area contributed by atoms with Gasteiger partial charge in [0.15, 0.2) is 0 Å². The number of hydrogen-bond acceptors (Lipinski definition) is 5. The van der Waals surface area contributed by atoms with E-state index in [1.165, 1.54) is 0 Å². The van der Waals surface area contributed by atoms with Gasteiger partial charge in [-0.15, -0.1) is 0 Å². The quantitative estimate of drug-likeness (QED) is 0.532. The van der Waals surface area contributed by atoms with Crippen molar-refractivity contribution in [3.8, 4) is 0 Å². The van der Waals surface area contributed by atoms with E-state index in [-0.39, 0.29) is 11.8 Å². The highest BCUT2D eigenvalue weighted by molar-refractivity contribution is 5.90. The molecule has 17 heavy (non-hydrogen) atoms. The van der Waals surface area contributed by atoms with Crippen LogP contribution in [0.2, 0.25) is 0 Å². The number of hydrogen-bond donors (Lipinski definition) is 2. The Morgan fingerprint density at radius 2 is 1.18 bits per heavy atom. The normalized spacial score (nSPS) is 14.8. The molecule has 0 heterocycles. The molecule has 5 nitrogen and oxygen atoms in total. The Morgan fingerprint density at radius 3 is 1.41 bits per heavy atom. The van der Waals surface area contributed by atoms with Gasteiger partial charge in [-0.1, -0.05) is 27.7 Å². The van der Waals surface area contributed by atoms with E-state index < -0.39 is 24.0 Å². The van der Waals surface area contributed by atoms with Crippen molar-refractivity contribution in [1.82, 2.24) is 0 Å². The second kappa shape index (κ2) is 7.40. The van der Waals surface area contributed by atoms with Crippen LogP contribution in [0.25, 0.3) is 0 Å². The van der Waals surface area contributed by atoms with Gasteiger partial charge in [-0.05, 0) is 24.7 Å². The number of carbonyl (C=O) groups excluding carboxylic acids is 2. The smallest absolute Gasteiger partial charge is 0.330 e. The third kappa shape index (κ3) is 7.07. The molecule has 0 fully saturated rings. The molecule has 0 aromatic rings. The summed E-state index contributed by atoms with van der Waals surface area (Å²) in [5.41, 5.74) is 11.2. The molecule has 0 aliphatic heterocycles. The lowest BCUT2D eigenvalue weighted by molar-refractivity contribution is -0.162. The fourth-order valence-corrected chi connectivity index (χ4v) is 1.46. The molecule has 0 saturated heterocycles. The van der Waals surface area contributed by atoms with Crippen LogP contribution in [0.5, 0.6) is 0 Å². The number of carbonyl (C=O) groups is 2. The maximum atomic E-state index is 11.5. The van der Waals surface area contributed by atoms with E-state index in [9.17, 15) is 9.59 Å². The van der Waals surface area contributed by atoms with Gasteiger partial charge < -0.3 is 16.2 Å². The molecule has 0 bridgehead atoms. The van der Waals surface area contributed by atoms with Crippen LogP contribution in [0.3, 0.4) is 0 Å². The summed E-state index contributed by atoms with van der Waals surface area (Å²) < 4.78 is 4.65. The largest absolute Gasteiger partial charge is 0.391 e. The van der Waals surface area contributed by atoms with Gasteiger partial charge in [-0.25, -0.2) is 9.59 Å². The van der Waals surface area contributed by atoms with Crippen LogP contribution in [0.15, 0.2) is 0 Å². The predicted octanol–water partition coefficient (Wildman–Crippen LogP) is 0.803. The van der Waals surface area contributed by atoms with Crippen LogP contribution >= 0.6 is 0 Å². The van der Waals surface area contributed by atoms with E-state index >= 15 is 0 Å². The zero-order valence-electron chi connectivity index (χ0n) is 11.1. The fourth-order valence-electron chi connectivity index (χ4n) is 1.46. The van der Waals surface area contributed by atoms with Crippen molar-refractivity contribution in [3.05, 3.63) is 0 Å². The van der Waals surface area contributed by atoms with Gasteiger partial charge in [-0.3, -0.25) is 0 Å². The van der Waals surface area contributed by atoms with Gasteiger partial charge in [0.25, 0.3) is 0 Å². The molecule has 5 heteroatoms. The number of nitrogens with two attached hydrogens (primary N) is 2. The average Bonchev–Trinajstić information content (AvgIpc) is 2.15. The molecular formula is C12H24N2O3. The Balaban J connectivity index is 4.15. The number of ether oxygens (including phenoxy) is 1. The first kappa shape index (κ1) is 16.1. The minimum Gasteiger partial charge on any atom is -0.391 e. The lowest BCUT2D eigenvalue weighted by atomic mass is 10.0. The van der Waals surface area contributed by atoms with Crippen molar-refractivity contribution in [2.75, 3.05) is 0 Å². The first-order valence-corrected chi connectivity index (χ1v) is 6.00. The summed E-state index contributed by atoms with van der Waals surface area (Å²) in [6.45, 7) is 7.78. The summed E-state index contributed by atoms with van der Waals surface area (Å²) in [6, 6.07) is -1.52. The molecule has 0 aromatic carbocycles. The molecule has 2 atom stereocenters. The Hall–Kier alpha value is -0.940. The Bertz CT molecular complexity index is 238. The summed E-state index contributed by atoms with van der Waals surface area (Å²) in [5, 5.41) is 0. The second-order valence-electron chi connectivity index (χ2n) is 5.21. The Labute approximate surface area is 103 Å². The molecule has 4 N–H and O–H groups in total. The van der Waals surface area contributed by atoms with Gasteiger partial charge >= 0.3 is 11.9 Å². The van der Waals surface area contributed by atoms with Crippen LogP contribution in [0.1, 0.15) is 40.5 Å². The SMILES string of the molecule is CC(C)C[C@H](N)C(=O)OC(=O)[C@@H](N)CC(C)C. The Morgan fingerprint density at radius 1 is 0.882 bits per heavy atom. The van der Waals surface area contributed by atoms with Crippen molar-refractivity contribution in [3.63, 3.8) is 0 Å². The molecular weight excluding hydrogens is 220 g/mol. The molecule has 0 aliphatic carbocycles. The molecule has 0 amide bonds. The fraction of sp³-hybridized carbons (Fsp3) is 0.833. The molecule has 100 valence electrons. The third-order valence-electron chi connectivity index (χ3n) is 2.26. The highest BCUT2D eigenvalue weighted by atomic mass is 16.6. The van der Waals surface area contributed by atoms with Gasteiger partial charge in [0.2, 0.25) is 0 Å². The molecule has 0 aliphatic rings. The van der Waals surface area contributed by atoms with E-state index in [4.69, 9.17) is 11.5 Å².